The van der Waals surface area contributed by atoms with Crippen LogP contribution in [0.25, 0.3) is 0 Å². The van der Waals surface area contributed by atoms with E-state index >= 15 is 0 Å². The second kappa shape index (κ2) is 4.58. The molecule has 0 aliphatic carbocycles. The van der Waals surface area contributed by atoms with E-state index in [-0.39, 0.29) is 12.4 Å². The van der Waals surface area contributed by atoms with Crippen LogP contribution in [0.3, 0.4) is 0 Å². The summed E-state index contributed by atoms with van der Waals surface area (Å²) in [6, 6.07) is 4.80. The molecule has 1 aromatic heterocycles. The first-order valence-electron chi connectivity index (χ1n) is 4.52. The number of aromatic nitrogens is 1. The molecule has 13 heavy (non-hydrogen) atoms. The van der Waals surface area contributed by atoms with Crippen LogP contribution in [0.2, 0.25) is 0 Å². The Morgan fingerprint density at radius 2 is 2.31 bits per heavy atom. The molecule has 0 spiro atoms. The Morgan fingerprint density at radius 1 is 1.46 bits per heavy atom. The second-order valence-electron chi connectivity index (χ2n) is 3.38. The first-order chi connectivity index (χ1) is 5.86. The molecule has 1 saturated heterocycles. The zero-order valence-electron chi connectivity index (χ0n) is 7.79. The fourth-order valence-electron chi connectivity index (χ4n) is 1.65. The molecule has 0 amide bonds. The third-order valence-corrected chi connectivity index (χ3v) is 2.40. The second-order valence-corrected chi connectivity index (χ2v) is 3.38. The van der Waals surface area contributed by atoms with E-state index in [9.17, 15) is 0 Å². The van der Waals surface area contributed by atoms with Gasteiger partial charge in [0.25, 0.3) is 0 Å². The lowest BCUT2D eigenvalue weighted by Gasteiger charge is -2.09. The van der Waals surface area contributed by atoms with Gasteiger partial charge in [0.1, 0.15) is 0 Å². The molecule has 1 atom stereocenters. The van der Waals surface area contributed by atoms with Gasteiger partial charge >= 0.3 is 0 Å². The van der Waals surface area contributed by atoms with Crippen molar-refractivity contribution in [2.45, 2.75) is 25.8 Å². The van der Waals surface area contributed by atoms with Crippen LogP contribution in [0.15, 0.2) is 18.3 Å². The monoisotopic (exact) mass is 198 g/mol. The number of aryl methyl sites for hydroxylation is 1. The van der Waals surface area contributed by atoms with Gasteiger partial charge in [-0.05, 0) is 37.9 Å². The zero-order valence-corrected chi connectivity index (χ0v) is 8.60. The summed E-state index contributed by atoms with van der Waals surface area (Å²) >= 11 is 0. The highest BCUT2D eigenvalue weighted by Crippen LogP contribution is 2.21. The molecule has 1 unspecified atom stereocenters. The number of nitrogens with one attached hydrogen (secondary N) is 1. The number of hydrogen-bond acceptors (Lipinski definition) is 2. The number of hydrogen-bond donors (Lipinski definition) is 1. The van der Waals surface area contributed by atoms with Crippen LogP contribution in [-0.4, -0.2) is 11.5 Å². The van der Waals surface area contributed by atoms with Crippen molar-refractivity contribution in [1.82, 2.24) is 10.3 Å². The number of pyridine rings is 1. The highest BCUT2D eigenvalue weighted by molar-refractivity contribution is 5.85. The minimum Gasteiger partial charge on any atom is -0.310 e. The summed E-state index contributed by atoms with van der Waals surface area (Å²) < 4.78 is 0. The molecule has 1 N–H and O–H groups in total. The summed E-state index contributed by atoms with van der Waals surface area (Å²) in [7, 11) is 0. The van der Waals surface area contributed by atoms with Gasteiger partial charge in [-0.2, -0.15) is 0 Å². The van der Waals surface area contributed by atoms with Crippen molar-refractivity contribution in [2.24, 2.45) is 0 Å². The minimum absolute atomic E-state index is 0. The molecule has 0 radical (unpaired) electrons. The van der Waals surface area contributed by atoms with Crippen LogP contribution in [0.5, 0.6) is 0 Å². The van der Waals surface area contributed by atoms with Crippen LogP contribution in [0.1, 0.15) is 30.1 Å². The van der Waals surface area contributed by atoms with E-state index < -0.39 is 0 Å². The summed E-state index contributed by atoms with van der Waals surface area (Å²) in [5, 5.41) is 3.45. The van der Waals surface area contributed by atoms with Gasteiger partial charge in [0.15, 0.2) is 0 Å². The van der Waals surface area contributed by atoms with Gasteiger partial charge in [-0.25, -0.2) is 0 Å². The molecule has 2 rings (SSSR count). The normalized spacial score (nSPS) is 21.2. The topological polar surface area (TPSA) is 24.9 Å². The zero-order chi connectivity index (χ0) is 8.39. The van der Waals surface area contributed by atoms with Crippen molar-refractivity contribution in [3.8, 4) is 0 Å². The van der Waals surface area contributed by atoms with Crippen molar-refractivity contribution in [1.29, 1.82) is 0 Å². The van der Waals surface area contributed by atoms with Gasteiger partial charge in [0, 0.05) is 17.9 Å². The third kappa shape index (κ3) is 2.42. The van der Waals surface area contributed by atoms with E-state index in [1.54, 1.807) is 0 Å². The van der Waals surface area contributed by atoms with E-state index in [0.29, 0.717) is 6.04 Å². The van der Waals surface area contributed by atoms with Gasteiger partial charge in [0.2, 0.25) is 0 Å². The number of halogens is 1. The van der Waals surface area contributed by atoms with Crippen LogP contribution in [0, 0.1) is 6.92 Å². The largest absolute Gasteiger partial charge is 0.310 e. The predicted octanol–water partition coefficient (Wildman–Crippen LogP) is 2.24. The van der Waals surface area contributed by atoms with E-state index in [1.807, 2.05) is 13.1 Å². The van der Waals surface area contributed by atoms with E-state index in [0.717, 1.165) is 12.2 Å². The summed E-state index contributed by atoms with van der Waals surface area (Å²) in [4.78, 5) is 4.28. The Labute approximate surface area is 85.2 Å². The number of rotatable bonds is 1. The maximum absolute atomic E-state index is 4.28. The molecule has 1 aliphatic heterocycles. The van der Waals surface area contributed by atoms with Crippen molar-refractivity contribution >= 4 is 12.4 Å². The van der Waals surface area contributed by atoms with E-state index in [1.165, 1.54) is 18.4 Å². The van der Waals surface area contributed by atoms with Crippen LogP contribution in [0.4, 0.5) is 0 Å². The lowest BCUT2D eigenvalue weighted by atomic mass is 10.1. The van der Waals surface area contributed by atoms with Gasteiger partial charge in [-0.3, -0.25) is 4.98 Å². The molecule has 0 bridgehead atoms. The average Bonchev–Trinajstić information content (AvgIpc) is 2.58. The summed E-state index contributed by atoms with van der Waals surface area (Å²) in [5.74, 6) is 0. The highest BCUT2D eigenvalue weighted by atomic mass is 35.5. The standard InChI is InChI=1S/C10H14N2.ClH/c1-8-4-5-9(7-12-8)10-3-2-6-11-10;/h4-5,7,10-11H,2-3,6H2,1H3;1H. The van der Waals surface area contributed by atoms with Crippen molar-refractivity contribution in [3.05, 3.63) is 29.6 Å². The van der Waals surface area contributed by atoms with E-state index in [2.05, 4.69) is 22.4 Å². The Bertz CT molecular complexity index is 252. The molecule has 1 aromatic rings. The Morgan fingerprint density at radius 3 is 2.85 bits per heavy atom. The third-order valence-electron chi connectivity index (χ3n) is 2.40. The van der Waals surface area contributed by atoms with Gasteiger partial charge in [-0.1, -0.05) is 6.07 Å². The quantitative estimate of drug-likeness (QED) is 0.749. The highest BCUT2D eigenvalue weighted by Gasteiger charge is 2.15. The van der Waals surface area contributed by atoms with Crippen molar-refractivity contribution in [2.75, 3.05) is 6.54 Å². The van der Waals surface area contributed by atoms with E-state index in [4.69, 9.17) is 0 Å². The fourth-order valence-corrected chi connectivity index (χ4v) is 1.65. The smallest absolute Gasteiger partial charge is 0.0372 e. The molecule has 72 valence electrons. The van der Waals surface area contributed by atoms with Gasteiger partial charge < -0.3 is 5.32 Å². The average molecular weight is 199 g/mol. The Balaban J connectivity index is 0.000000845. The van der Waals surface area contributed by atoms with Crippen LogP contribution < -0.4 is 5.32 Å². The SMILES string of the molecule is Cc1ccc(C2CCCN2)cn1.Cl. The first kappa shape index (κ1) is 10.5. The Kier molecular flexibility index (Phi) is 3.70. The van der Waals surface area contributed by atoms with Gasteiger partial charge in [0.05, 0.1) is 0 Å². The summed E-state index contributed by atoms with van der Waals surface area (Å²) in [6.07, 6.45) is 4.53. The predicted molar refractivity (Wildman–Crippen MR) is 56.2 cm³/mol. The van der Waals surface area contributed by atoms with Crippen molar-refractivity contribution in [3.63, 3.8) is 0 Å². The molecular formula is C10H15ClN2. The molecule has 0 aromatic carbocycles. The number of nitrogens with zero attached hydrogens (tertiary/aromatic N) is 1. The minimum atomic E-state index is 0. The molecule has 2 nitrogen and oxygen atoms in total. The fraction of sp³-hybridized carbons (Fsp3) is 0.500. The molecule has 3 heteroatoms. The maximum Gasteiger partial charge on any atom is 0.0372 e. The maximum atomic E-state index is 4.28. The molecule has 0 saturated carbocycles. The molecular weight excluding hydrogens is 184 g/mol. The lowest BCUT2D eigenvalue weighted by molar-refractivity contribution is 0.644. The van der Waals surface area contributed by atoms with Crippen molar-refractivity contribution < 1.29 is 0 Å². The van der Waals surface area contributed by atoms with Crippen LogP contribution in [-0.2, 0) is 0 Å². The summed E-state index contributed by atoms with van der Waals surface area (Å²) in [6.45, 7) is 3.17. The summed E-state index contributed by atoms with van der Waals surface area (Å²) in [5.41, 5.74) is 2.43. The Hall–Kier alpha value is -0.600. The van der Waals surface area contributed by atoms with Crippen LogP contribution >= 0.6 is 12.4 Å². The molecule has 1 fully saturated rings. The molecule has 1 aliphatic rings. The van der Waals surface area contributed by atoms with Gasteiger partial charge in [-0.15, -0.1) is 12.4 Å². The molecule has 2 heterocycles. The lowest BCUT2D eigenvalue weighted by Crippen LogP contribution is -2.12. The first-order valence-corrected chi connectivity index (χ1v) is 4.52.